The molecular formula is C12H10N4. The van der Waals surface area contributed by atoms with Crippen molar-refractivity contribution in [1.82, 2.24) is 19.9 Å². The van der Waals surface area contributed by atoms with Gasteiger partial charge in [-0.1, -0.05) is 0 Å². The SMILES string of the molecule is Cc1ccncc1-c1nc2ccncc2[nH]1. The van der Waals surface area contributed by atoms with Crippen LogP contribution in [0, 0.1) is 6.92 Å². The van der Waals surface area contributed by atoms with Crippen molar-refractivity contribution in [2.45, 2.75) is 6.92 Å². The van der Waals surface area contributed by atoms with E-state index in [1.54, 1.807) is 18.6 Å². The van der Waals surface area contributed by atoms with Gasteiger partial charge in [0.15, 0.2) is 0 Å². The number of aromatic amines is 1. The van der Waals surface area contributed by atoms with Crippen LogP contribution >= 0.6 is 0 Å². The Morgan fingerprint density at radius 3 is 2.69 bits per heavy atom. The Hall–Kier alpha value is -2.23. The van der Waals surface area contributed by atoms with Crippen molar-refractivity contribution in [3.8, 4) is 11.4 Å². The maximum atomic E-state index is 4.51. The zero-order chi connectivity index (χ0) is 11.0. The highest BCUT2D eigenvalue weighted by atomic mass is 14.9. The van der Waals surface area contributed by atoms with Gasteiger partial charge in [0.1, 0.15) is 5.82 Å². The van der Waals surface area contributed by atoms with Gasteiger partial charge in [-0.3, -0.25) is 9.97 Å². The molecule has 4 nitrogen and oxygen atoms in total. The number of nitrogens with zero attached hydrogens (tertiary/aromatic N) is 3. The first-order valence-corrected chi connectivity index (χ1v) is 5.05. The molecule has 3 rings (SSSR count). The van der Waals surface area contributed by atoms with Gasteiger partial charge in [-0.05, 0) is 24.6 Å². The minimum Gasteiger partial charge on any atom is -0.337 e. The molecule has 0 saturated heterocycles. The molecule has 0 unspecified atom stereocenters. The largest absolute Gasteiger partial charge is 0.337 e. The molecule has 0 aliphatic carbocycles. The summed E-state index contributed by atoms with van der Waals surface area (Å²) in [5.74, 6) is 0.841. The number of aromatic nitrogens is 4. The maximum absolute atomic E-state index is 4.51. The van der Waals surface area contributed by atoms with E-state index in [1.165, 1.54) is 0 Å². The van der Waals surface area contributed by atoms with Crippen molar-refractivity contribution < 1.29 is 0 Å². The summed E-state index contributed by atoms with van der Waals surface area (Å²) in [7, 11) is 0. The first-order valence-electron chi connectivity index (χ1n) is 5.05. The lowest BCUT2D eigenvalue weighted by Crippen LogP contribution is -1.86. The number of rotatable bonds is 1. The summed E-state index contributed by atoms with van der Waals surface area (Å²) >= 11 is 0. The Morgan fingerprint density at radius 2 is 1.88 bits per heavy atom. The highest BCUT2D eigenvalue weighted by molar-refractivity contribution is 5.78. The molecule has 3 aromatic heterocycles. The number of fused-ring (bicyclic) bond motifs is 1. The average Bonchev–Trinajstić information content (AvgIpc) is 2.73. The van der Waals surface area contributed by atoms with Crippen LogP contribution < -0.4 is 0 Å². The third-order valence-electron chi connectivity index (χ3n) is 2.58. The van der Waals surface area contributed by atoms with E-state index in [4.69, 9.17) is 0 Å². The zero-order valence-electron chi connectivity index (χ0n) is 8.81. The zero-order valence-corrected chi connectivity index (χ0v) is 8.81. The normalized spacial score (nSPS) is 10.8. The number of hydrogen-bond acceptors (Lipinski definition) is 3. The van der Waals surface area contributed by atoms with Crippen molar-refractivity contribution in [2.75, 3.05) is 0 Å². The predicted octanol–water partition coefficient (Wildman–Crippen LogP) is 2.33. The van der Waals surface area contributed by atoms with Crippen LogP contribution in [0.25, 0.3) is 22.4 Å². The Labute approximate surface area is 92.4 Å². The predicted molar refractivity (Wildman–Crippen MR) is 61.9 cm³/mol. The topological polar surface area (TPSA) is 54.5 Å². The monoisotopic (exact) mass is 210 g/mol. The number of pyridine rings is 2. The van der Waals surface area contributed by atoms with Crippen LogP contribution in [0.4, 0.5) is 0 Å². The molecular weight excluding hydrogens is 200 g/mol. The molecule has 0 aromatic carbocycles. The van der Waals surface area contributed by atoms with E-state index in [2.05, 4.69) is 19.9 Å². The highest BCUT2D eigenvalue weighted by Crippen LogP contribution is 2.21. The molecule has 0 amide bonds. The number of aryl methyl sites for hydroxylation is 1. The Balaban J connectivity index is 2.23. The second-order valence-electron chi connectivity index (χ2n) is 3.67. The Morgan fingerprint density at radius 1 is 1.06 bits per heavy atom. The number of H-pyrrole nitrogens is 1. The molecule has 1 N–H and O–H groups in total. The van der Waals surface area contributed by atoms with E-state index in [9.17, 15) is 0 Å². The standard InChI is InChI=1S/C12H10N4/c1-8-2-4-13-6-9(8)12-15-10-3-5-14-7-11(10)16-12/h2-7H,1H3,(H,15,16). The smallest absolute Gasteiger partial charge is 0.140 e. The molecule has 0 fully saturated rings. The molecule has 78 valence electrons. The first kappa shape index (κ1) is 9.03. The van der Waals surface area contributed by atoms with Gasteiger partial charge in [-0.2, -0.15) is 0 Å². The van der Waals surface area contributed by atoms with Crippen LogP contribution in [0.15, 0.2) is 36.9 Å². The van der Waals surface area contributed by atoms with E-state index in [0.29, 0.717) is 0 Å². The fraction of sp³-hybridized carbons (Fsp3) is 0.0833. The molecule has 3 aromatic rings. The Kier molecular flexibility index (Phi) is 1.93. The van der Waals surface area contributed by atoms with Crippen LogP contribution in [0.2, 0.25) is 0 Å². The van der Waals surface area contributed by atoms with Crippen molar-refractivity contribution in [3.05, 3.63) is 42.5 Å². The summed E-state index contributed by atoms with van der Waals surface area (Å²) in [4.78, 5) is 15.9. The number of imidazole rings is 1. The molecule has 0 aliphatic rings. The van der Waals surface area contributed by atoms with Gasteiger partial charge in [0.05, 0.1) is 17.2 Å². The second-order valence-corrected chi connectivity index (χ2v) is 3.67. The van der Waals surface area contributed by atoms with E-state index < -0.39 is 0 Å². The lowest BCUT2D eigenvalue weighted by molar-refractivity contribution is 1.24. The molecule has 0 aliphatic heterocycles. The minimum absolute atomic E-state index is 0.841. The van der Waals surface area contributed by atoms with Gasteiger partial charge >= 0.3 is 0 Å². The quantitative estimate of drug-likeness (QED) is 0.670. The molecule has 4 heteroatoms. The second kappa shape index (κ2) is 3.41. The molecule has 0 radical (unpaired) electrons. The number of hydrogen-bond donors (Lipinski definition) is 1. The molecule has 0 bridgehead atoms. The van der Waals surface area contributed by atoms with Crippen LogP contribution in [-0.4, -0.2) is 19.9 Å². The van der Waals surface area contributed by atoms with Crippen molar-refractivity contribution in [3.63, 3.8) is 0 Å². The van der Waals surface area contributed by atoms with Gasteiger partial charge in [0, 0.05) is 24.2 Å². The summed E-state index contributed by atoms with van der Waals surface area (Å²) in [6, 6.07) is 3.86. The maximum Gasteiger partial charge on any atom is 0.140 e. The molecule has 0 spiro atoms. The lowest BCUT2D eigenvalue weighted by Gasteiger charge is -1.99. The van der Waals surface area contributed by atoms with Gasteiger partial charge in [-0.25, -0.2) is 4.98 Å². The van der Waals surface area contributed by atoms with Crippen LogP contribution in [0.1, 0.15) is 5.56 Å². The minimum atomic E-state index is 0.841. The van der Waals surface area contributed by atoms with Gasteiger partial charge in [0.25, 0.3) is 0 Å². The average molecular weight is 210 g/mol. The first-order chi connectivity index (χ1) is 7.84. The molecule has 16 heavy (non-hydrogen) atoms. The fourth-order valence-electron chi connectivity index (χ4n) is 1.70. The lowest BCUT2D eigenvalue weighted by atomic mass is 10.1. The molecule has 0 atom stereocenters. The van der Waals surface area contributed by atoms with Crippen LogP contribution in [-0.2, 0) is 0 Å². The van der Waals surface area contributed by atoms with Crippen molar-refractivity contribution in [1.29, 1.82) is 0 Å². The summed E-state index contributed by atoms with van der Waals surface area (Å²) in [6.07, 6.45) is 7.12. The third-order valence-corrected chi connectivity index (χ3v) is 2.58. The fourth-order valence-corrected chi connectivity index (χ4v) is 1.70. The van der Waals surface area contributed by atoms with Crippen LogP contribution in [0.5, 0.6) is 0 Å². The summed E-state index contributed by atoms with van der Waals surface area (Å²) < 4.78 is 0. The van der Waals surface area contributed by atoms with Gasteiger partial charge in [0.2, 0.25) is 0 Å². The van der Waals surface area contributed by atoms with Gasteiger partial charge < -0.3 is 4.98 Å². The van der Waals surface area contributed by atoms with E-state index in [1.807, 2.05) is 25.3 Å². The summed E-state index contributed by atoms with van der Waals surface area (Å²) in [5.41, 5.74) is 4.05. The van der Waals surface area contributed by atoms with E-state index in [-0.39, 0.29) is 0 Å². The van der Waals surface area contributed by atoms with Crippen LogP contribution in [0.3, 0.4) is 0 Å². The van der Waals surface area contributed by atoms with Gasteiger partial charge in [-0.15, -0.1) is 0 Å². The highest BCUT2D eigenvalue weighted by Gasteiger charge is 2.07. The van der Waals surface area contributed by atoms with Crippen molar-refractivity contribution in [2.24, 2.45) is 0 Å². The van der Waals surface area contributed by atoms with Crippen molar-refractivity contribution >= 4 is 11.0 Å². The summed E-state index contributed by atoms with van der Waals surface area (Å²) in [6.45, 7) is 2.04. The van der Waals surface area contributed by atoms with E-state index >= 15 is 0 Å². The molecule has 3 heterocycles. The molecule has 0 saturated carbocycles. The third kappa shape index (κ3) is 1.35. The Bertz CT molecular complexity index is 609. The number of nitrogens with one attached hydrogen (secondary N) is 1. The summed E-state index contributed by atoms with van der Waals surface area (Å²) in [5, 5.41) is 0. The van der Waals surface area contributed by atoms with E-state index in [0.717, 1.165) is 28.0 Å².